The maximum Gasteiger partial charge on any atom is 0.267 e. The van der Waals surface area contributed by atoms with E-state index >= 15 is 0 Å². The molecule has 3 N–H and O–H groups in total. The molecule has 2 rings (SSSR count). The lowest BCUT2D eigenvalue weighted by atomic mass is 10.2. The van der Waals surface area contributed by atoms with Crippen molar-refractivity contribution in [3.8, 4) is 5.88 Å². The number of nitrogens with one attached hydrogen (secondary N) is 1. The van der Waals surface area contributed by atoms with Crippen LogP contribution in [0.25, 0.3) is 0 Å². The van der Waals surface area contributed by atoms with E-state index in [2.05, 4.69) is 10.4 Å². The Hall–Kier alpha value is -2.90. The van der Waals surface area contributed by atoms with Crippen LogP contribution in [0.1, 0.15) is 0 Å². The van der Waals surface area contributed by atoms with Gasteiger partial charge in [0.1, 0.15) is 12.4 Å². The molecule has 1 aromatic heterocycles. The molecule has 0 fully saturated rings. The highest BCUT2D eigenvalue weighted by molar-refractivity contribution is 5.93. The number of amides is 1. The molecule has 0 spiro atoms. The summed E-state index contributed by atoms with van der Waals surface area (Å²) in [7, 11) is 1.39. The molecule has 1 heterocycles. The van der Waals surface area contributed by atoms with Crippen LogP contribution in [-0.4, -0.2) is 22.8 Å². The summed E-state index contributed by atoms with van der Waals surface area (Å²) in [5.41, 5.74) is 5.51. The number of nitrogens with zero attached hydrogens (tertiary/aromatic N) is 2. The third kappa shape index (κ3) is 3.56. The van der Waals surface area contributed by atoms with Crippen molar-refractivity contribution in [3.63, 3.8) is 0 Å². The first-order valence-corrected chi connectivity index (χ1v) is 5.96. The predicted molar refractivity (Wildman–Crippen MR) is 74.5 cm³/mol. The van der Waals surface area contributed by atoms with Crippen LogP contribution in [0.15, 0.2) is 35.1 Å². The monoisotopic (exact) mass is 292 g/mol. The largest absolute Gasteiger partial charge is 0.480 e. The van der Waals surface area contributed by atoms with Crippen molar-refractivity contribution in [2.45, 2.75) is 6.54 Å². The molecule has 0 aliphatic heterocycles. The molecule has 7 nitrogen and oxygen atoms in total. The normalized spacial score (nSPS) is 10.2. The third-order valence-electron chi connectivity index (χ3n) is 2.63. The Kier molecular flexibility index (Phi) is 4.17. The minimum Gasteiger partial charge on any atom is -0.480 e. The highest BCUT2D eigenvalue weighted by Gasteiger charge is 2.09. The first-order chi connectivity index (χ1) is 9.99. The lowest BCUT2D eigenvalue weighted by Crippen LogP contribution is -2.29. The van der Waals surface area contributed by atoms with E-state index in [1.165, 1.54) is 31.4 Å². The van der Waals surface area contributed by atoms with E-state index < -0.39 is 17.3 Å². The summed E-state index contributed by atoms with van der Waals surface area (Å²) in [5, 5.41) is 6.25. The van der Waals surface area contributed by atoms with Crippen LogP contribution in [0.2, 0.25) is 0 Å². The van der Waals surface area contributed by atoms with Crippen molar-refractivity contribution >= 4 is 17.3 Å². The smallest absolute Gasteiger partial charge is 0.267 e. The number of anilines is 2. The Bertz CT molecular complexity index is 730. The number of halogens is 1. The zero-order chi connectivity index (χ0) is 15.4. The Morgan fingerprint density at radius 2 is 2.19 bits per heavy atom. The zero-order valence-corrected chi connectivity index (χ0v) is 11.2. The van der Waals surface area contributed by atoms with E-state index in [1.54, 1.807) is 0 Å². The van der Waals surface area contributed by atoms with E-state index in [9.17, 15) is 14.0 Å². The van der Waals surface area contributed by atoms with E-state index in [0.717, 1.165) is 10.7 Å². The van der Waals surface area contributed by atoms with Gasteiger partial charge in [0, 0.05) is 12.1 Å². The molecule has 0 aliphatic carbocycles. The topological polar surface area (TPSA) is 99.2 Å². The highest BCUT2D eigenvalue weighted by atomic mass is 19.1. The van der Waals surface area contributed by atoms with E-state index in [0.29, 0.717) is 0 Å². The molecule has 0 unspecified atom stereocenters. The van der Waals surface area contributed by atoms with Crippen molar-refractivity contribution in [3.05, 3.63) is 46.5 Å². The Balaban J connectivity index is 2.15. The van der Waals surface area contributed by atoms with Gasteiger partial charge in [-0.15, -0.1) is 5.10 Å². The van der Waals surface area contributed by atoms with Gasteiger partial charge in [-0.1, -0.05) is 0 Å². The molecule has 0 saturated carbocycles. The number of rotatable bonds is 4. The van der Waals surface area contributed by atoms with Crippen molar-refractivity contribution in [1.29, 1.82) is 0 Å². The quantitative estimate of drug-likeness (QED) is 0.804. The fourth-order valence-corrected chi connectivity index (χ4v) is 1.61. The van der Waals surface area contributed by atoms with Gasteiger partial charge in [-0.2, -0.15) is 0 Å². The second kappa shape index (κ2) is 6.04. The first-order valence-electron chi connectivity index (χ1n) is 5.96. The van der Waals surface area contributed by atoms with Gasteiger partial charge in [-0.3, -0.25) is 9.59 Å². The molecule has 0 radical (unpaired) electrons. The molecule has 1 amide bonds. The summed E-state index contributed by atoms with van der Waals surface area (Å²) >= 11 is 0. The molecule has 0 bridgehead atoms. The van der Waals surface area contributed by atoms with Crippen LogP contribution < -0.4 is 21.3 Å². The number of benzene rings is 1. The molecule has 1 aromatic carbocycles. The van der Waals surface area contributed by atoms with E-state index in [-0.39, 0.29) is 23.8 Å². The Morgan fingerprint density at radius 3 is 2.90 bits per heavy atom. The zero-order valence-electron chi connectivity index (χ0n) is 11.2. The number of carbonyl (C=O) groups excluding carboxylic acids is 1. The number of aromatic nitrogens is 2. The van der Waals surface area contributed by atoms with Gasteiger partial charge in [-0.25, -0.2) is 9.07 Å². The SMILES string of the molecule is COc1ccc(=O)n(CC(=O)Nc2cc(F)ccc2N)n1. The number of hydrogen-bond acceptors (Lipinski definition) is 5. The van der Waals surface area contributed by atoms with Gasteiger partial charge in [0.05, 0.1) is 18.5 Å². The maximum absolute atomic E-state index is 13.1. The molecule has 8 heteroatoms. The third-order valence-corrected chi connectivity index (χ3v) is 2.63. The predicted octanol–water partition coefficient (Wildman–Crippen LogP) is 0.612. The second-order valence-electron chi connectivity index (χ2n) is 4.15. The molecule has 2 aromatic rings. The summed E-state index contributed by atoms with van der Waals surface area (Å²) in [5.74, 6) is -0.890. The fraction of sp³-hybridized carbons (Fsp3) is 0.154. The van der Waals surface area contributed by atoms with Crippen molar-refractivity contribution in [2.24, 2.45) is 0 Å². The fourth-order valence-electron chi connectivity index (χ4n) is 1.61. The molecule has 0 aliphatic rings. The summed E-state index contributed by atoms with van der Waals surface area (Å²) in [6, 6.07) is 6.23. The number of nitrogen functional groups attached to an aromatic ring is 1. The minimum atomic E-state index is -0.560. The van der Waals surface area contributed by atoms with Crippen molar-refractivity contribution in [2.75, 3.05) is 18.2 Å². The van der Waals surface area contributed by atoms with E-state index in [1.807, 2.05) is 0 Å². The van der Waals surface area contributed by atoms with Crippen LogP contribution in [0.4, 0.5) is 15.8 Å². The lowest BCUT2D eigenvalue weighted by molar-refractivity contribution is -0.117. The van der Waals surface area contributed by atoms with Crippen LogP contribution in [0.5, 0.6) is 5.88 Å². The molecular weight excluding hydrogens is 279 g/mol. The van der Waals surface area contributed by atoms with Gasteiger partial charge in [-0.05, 0) is 18.2 Å². The van der Waals surface area contributed by atoms with Gasteiger partial charge in [0.2, 0.25) is 11.8 Å². The van der Waals surface area contributed by atoms with Gasteiger partial charge in [0.15, 0.2) is 0 Å². The van der Waals surface area contributed by atoms with Crippen LogP contribution in [0.3, 0.4) is 0 Å². The number of ether oxygens (including phenoxy) is 1. The minimum absolute atomic E-state index is 0.135. The van der Waals surface area contributed by atoms with Crippen molar-refractivity contribution in [1.82, 2.24) is 9.78 Å². The number of carbonyl (C=O) groups is 1. The average molecular weight is 292 g/mol. The van der Waals surface area contributed by atoms with Gasteiger partial charge >= 0.3 is 0 Å². The van der Waals surface area contributed by atoms with Crippen LogP contribution >= 0.6 is 0 Å². The lowest BCUT2D eigenvalue weighted by Gasteiger charge is -2.09. The standard InChI is InChI=1S/C13H13FN4O3/c1-21-12-4-5-13(20)18(17-12)7-11(19)16-10-6-8(14)2-3-9(10)15/h2-6H,7,15H2,1H3,(H,16,19). The molecule has 110 valence electrons. The van der Waals surface area contributed by atoms with Gasteiger partial charge < -0.3 is 15.8 Å². The average Bonchev–Trinajstić information content (AvgIpc) is 2.45. The molecule has 21 heavy (non-hydrogen) atoms. The first kappa shape index (κ1) is 14.5. The Labute approximate surface area is 119 Å². The number of hydrogen-bond donors (Lipinski definition) is 2. The summed E-state index contributed by atoms with van der Waals surface area (Å²) < 4.78 is 18.9. The van der Waals surface area contributed by atoms with Crippen molar-refractivity contribution < 1.29 is 13.9 Å². The number of methoxy groups -OCH3 is 1. The van der Waals surface area contributed by atoms with Crippen LogP contribution in [-0.2, 0) is 11.3 Å². The number of nitrogens with two attached hydrogens (primary N) is 1. The molecule has 0 saturated heterocycles. The van der Waals surface area contributed by atoms with Crippen LogP contribution in [0, 0.1) is 5.82 Å². The highest BCUT2D eigenvalue weighted by Crippen LogP contribution is 2.19. The second-order valence-corrected chi connectivity index (χ2v) is 4.15. The Morgan fingerprint density at radius 1 is 1.43 bits per heavy atom. The summed E-state index contributed by atoms with van der Waals surface area (Å²) in [6.45, 7) is -0.341. The van der Waals surface area contributed by atoms with E-state index in [4.69, 9.17) is 10.5 Å². The molecular formula is C13H13FN4O3. The molecule has 0 atom stereocenters. The summed E-state index contributed by atoms with van der Waals surface area (Å²) in [4.78, 5) is 23.4. The maximum atomic E-state index is 13.1. The summed E-state index contributed by atoms with van der Waals surface area (Å²) in [6.07, 6.45) is 0. The van der Waals surface area contributed by atoms with Gasteiger partial charge in [0.25, 0.3) is 5.56 Å².